The van der Waals surface area contributed by atoms with Crippen molar-refractivity contribution in [3.8, 4) is 5.69 Å². The zero-order chi connectivity index (χ0) is 27.0. The number of rotatable bonds is 4. The van der Waals surface area contributed by atoms with Crippen LogP contribution in [0.5, 0.6) is 0 Å². The van der Waals surface area contributed by atoms with Crippen LogP contribution < -0.4 is 0 Å². The van der Waals surface area contributed by atoms with Crippen LogP contribution in [0.25, 0.3) is 5.69 Å². The van der Waals surface area contributed by atoms with E-state index >= 15 is 0 Å². The van der Waals surface area contributed by atoms with E-state index in [9.17, 15) is 4.79 Å². The molecule has 0 bridgehead atoms. The summed E-state index contributed by atoms with van der Waals surface area (Å²) in [6.45, 7) is 10.4. The van der Waals surface area contributed by atoms with Crippen molar-refractivity contribution in [2.45, 2.75) is 96.7 Å². The third-order valence-electron chi connectivity index (χ3n) is 7.19. The molecule has 0 radical (unpaired) electrons. The summed E-state index contributed by atoms with van der Waals surface area (Å²) in [5, 5.41) is 11.4. The number of nitrogens with zero attached hydrogens (tertiary/aromatic N) is 5. The van der Waals surface area contributed by atoms with E-state index in [1.807, 2.05) is 18.2 Å². The van der Waals surface area contributed by atoms with Gasteiger partial charge in [-0.15, -0.1) is 15.3 Å². The number of carbonyl (C=O) groups is 1. The fraction of sp³-hybridized carbons (Fsp3) is 0.517. The highest BCUT2D eigenvalue weighted by atomic mass is 35.5. The third kappa shape index (κ3) is 5.86. The second-order valence-corrected chi connectivity index (χ2v) is 12.1. The summed E-state index contributed by atoms with van der Waals surface area (Å²) in [4.78, 5) is 23.0. The van der Waals surface area contributed by atoms with E-state index in [2.05, 4.69) is 46.8 Å². The first-order chi connectivity index (χ1) is 18.1. The molecule has 2 aliphatic rings. The van der Waals surface area contributed by atoms with Crippen LogP contribution in [0.15, 0.2) is 36.4 Å². The van der Waals surface area contributed by atoms with E-state index in [0.29, 0.717) is 29.9 Å². The highest BCUT2D eigenvalue weighted by Crippen LogP contribution is 2.41. The van der Waals surface area contributed by atoms with Gasteiger partial charge >= 0.3 is 6.16 Å². The molecule has 202 valence electrons. The average Bonchev–Trinajstić information content (AvgIpc) is 3.19. The first-order valence-electron chi connectivity index (χ1n) is 13.4. The Bertz CT molecular complexity index is 1310. The van der Waals surface area contributed by atoms with E-state index in [0.717, 1.165) is 54.3 Å². The van der Waals surface area contributed by atoms with Gasteiger partial charge in [-0.05, 0) is 88.3 Å². The maximum Gasteiger partial charge on any atom is 0.528 e. The Kier molecular flexibility index (Phi) is 7.47. The lowest BCUT2D eigenvalue weighted by Crippen LogP contribution is -2.31. The van der Waals surface area contributed by atoms with Crippen molar-refractivity contribution in [2.24, 2.45) is 0 Å². The molecule has 3 heterocycles. The molecular formula is C29H36ClN5O3. The number of ether oxygens (including phenoxy) is 1. The topological polar surface area (TPSA) is 82.4 Å². The van der Waals surface area contributed by atoms with Crippen molar-refractivity contribution in [1.82, 2.24) is 24.8 Å². The molecule has 0 N–H and O–H groups in total. The Morgan fingerprint density at radius 2 is 1.76 bits per heavy atom. The number of carbonyl (C=O) groups excluding carboxylic acids is 1. The zero-order valence-corrected chi connectivity index (χ0v) is 23.5. The Morgan fingerprint density at radius 3 is 2.47 bits per heavy atom. The Balaban J connectivity index is 1.38. The molecule has 0 spiro atoms. The highest BCUT2D eigenvalue weighted by Gasteiger charge is 2.33. The van der Waals surface area contributed by atoms with E-state index in [1.165, 1.54) is 5.69 Å². The Hall–Kier alpha value is -2.97. The van der Waals surface area contributed by atoms with Crippen molar-refractivity contribution in [3.63, 3.8) is 0 Å². The summed E-state index contributed by atoms with van der Waals surface area (Å²) >= 11 is 6.37. The van der Waals surface area contributed by atoms with Crippen molar-refractivity contribution >= 4 is 17.8 Å². The summed E-state index contributed by atoms with van der Waals surface area (Å²) in [6.07, 6.45) is 3.39. The van der Waals surface area contributed by atoms with Crippen molar-refractivity contribution in [1.29, 1.82) is 0 Å². The van der Waals surface area contributed by atoms with Gasteiger partial charge in [0.15, 0.2) is 5.82 Å². The molecule has 1 aliphatic carbocycles. The Morgan fingerprint density at radius 1 is 1.03 bits per heavy atom. The number of hydrogen-bond donors (Lipinski definition) is 0. The molecular weight excluding hydrogens is 502 g/mol. The molecule has 2 aromatic heterocycles. The lowest BCUT2D eigenvalue weighted by molar-refractivity contribution is -0.155. The van der Waals surface area contributed by atoms with Gasteiger partial charge in [0.05, 0.1) is 18.8 Å². The fourth-order valence-electron chi connectivity index (χ4n) is 5.37. The second kappa shape index (κ2) is 10.7. The maximum absolute atomic E-state index is 12.4. The predicted octanol–water partition coefficient (Wildman–Crippen LogP) is 7.06. The van der Waals surface area contributed by atoms with E-state index < -0.39 is 11.8 Å². The van der Waals surface area contributed by atoms with Gasteiger partial charge in [0, 0.05) is 28.2 Å². The summed E-state index contributed by atoms with van der Waals surface area (Å²) in [5.41, 5.74) is 3.60. The number of pyridine rings is 1. The largest absolute Gasteiger partial charge is 0.528 e. The van der Waals surface area contributed by atoms with Crippen LogP contribution in [0.3, 0.4) is 0 Å². The molecule has 0 saturated heterocycles. The minimum atomic E-state index is -0.747. The number of hydrogen-bond acceptors (Lipinski definition) is 7. The molecule has 8 nitrogen and oxygen atoms in total. The number of aromatic nitrogens is 4. The van der Waals surface area contributed by atoms with E-state index in [1.54, 1.807) is 25.8 Å². The van der Waals surface area contributed by atoms with Gasteiger partial charge < -0.3 is 9.57 Å². The summed E-state index contributed by atoms with van der Waals surface area (Å²) < 4.78 is 7.50. The quantitative estimate of drug-likeness (QED) is 0.329. The Labute approximate surface area is 229 Å². The van der Waals surface area contributed by atoms with Crippen LogP contribution in [-0.4, -0.2) is 36.6 Å². The molecule has 1 fully saturated rings. The SMILES string of the molecule is CC(C)c1cccc(C2CCC(c3nnc4n3-c3ccc(Cl)cc3CN(OC(=O)OC(C)(C)C)C4)CC2)n1. The second-order valence-electron chi connectivity index (χ2n) is 11.6. The number of hydroxylamine groups is 2. The van der Waals surface area contributed by atoms with Gasteiger partial charge in [-0.25, -0.2) is 4.79 Å². The smallest absolute Gasteiger partial charge is 0.427 e. The maximum atomic E-state index is 12.4. The summed E-state index contributed by atoms with van der Waals surface area (Å²) in [7, 11) is 0. The first kappa shape index (κ1) is 26.6. The molecule has 3 aromatic rings. The van der Waals surface area contributed by atoms with Crippen molar-refractivity contribution < 1.29 is 14.4 Å². The minimum Gasteiger partial charge on any atom is -0.427 e. The fourth-order valence-corrected chi connectivity index (χ4v) is 5.56. The van der Waals surface area contributed by atoms with Gasteiger partial charge in [0.1, 0.15) is 11.4 Å². The summed E-state index contributed by atoms with van der Waals surface area (Å²) in [5.74, 6) is 2.83. The molecule has 38 heavy (non-hydrogen) atoms. The molecule has 5 rings (SSSR count). The summed E-state index contributed by atoms with van der Waals surface area (Å²) in [6, 6.07) is 12.2. The number of fused-ring (bicyclic) bond motifs is 3. The highest BCUT2D eigenvalue weighted by molar-refractivity contribution is 6.30. The van der Waals surface area contributed by atoms with Crippen LogP contribution in [-0.2, 0) is 22.7 Å². The molecule has 0 unspecified atom stereocenters. The van der Waals surface area contributed by atoms with Crippen LogP contribution in [0, 0.1) is 0 Å². The van der Waals surface area contributed by atoms with Crippen LogP contribution in [0.2, 0.25) is 5.02 Å². The minimum absolute atomic E-state index is 0.280. The van der Waals surface area contributed by atoms with Crippen molar-refractivity contribution in [3.05, 3.63) is 70.0 Å². The lowest BCUT2D eigenvalue weighted by Gasteiger charge is -2.28. The molecule has 1 aromatic carbocycles. The normalized spacial score (nSPS) is 20.0. The third-order valence-corrected chi connectivity index (χ3v) is 7.42. The van der Waals surface area contributed by atoms with Crippen molar-refractivity contribution in [2.75, 3.05) is 0 Å². The molecule has 1 aliphatic heterocycles. The van der Waals surface area contributed by atoms with E-state index in [-0.39, 0.29) is 5.92 Å². The van der Waals surface area contributed by atoms with Gasteiger partial charge in [-0.3, -0.25) is 9.55 Å². The average molecular weight is 538 g/mol. The monoisotopic (exact) mass is 537 g/mol. The van der Waals surface area contributed by atoms with Gasteiger partial charge in [0.2, 0.25) is 0 Å². The van der Waals surface area contributed by atoms with Crippen LogP contribution in [0.1, 0.15) is 107 Å². The van der Waals surface area contributed by atoms with Gasteiger partial charge in [-0.2, -0.15) is 0 Å². The molecule has 9 heteroatoms. The van der Waals surface area contributed by atoms with Crippen LogP contribution >= 0.6 is 11.6 Å². The predicted molar refractivity (Wildman–Crippen MR) is 145 cm³/mol. The van der Waals surface area contributed by atoms with Gasteiger partial charge in [0.25, 0.3) is 0 Å². The first-order valence-corrected chi connectivity index (χ1v) is 13.8. The van der Waals surface area contributed by atoms with E-state index in [4.69, 9.17) is 26.2 Å². The zero-order valence-electron chi connectivity index (χ0n) is 22.8. The lowest BCUT2D eigenvalue weighted by atomic mass is 9.79. The standard InChI is InChI=1S/C29H36ClN5O3/c1-18(2)23-7-6-8-24(31-23)19-9-11-20(12-10-19)27-33-32-26-17-34(38-28(36)37-29(3,4)5)16-21-15-22(30)13-14-25(21)35(26)27/h6-8,13-15,18-20H,9-12,16-17H2,1-5H3. The molecule has 0 amide bonds. The number of benzene rings is 1. The molecule has 1 saturated carbocycles. The molecule has 0 atom stereocenters. The van der Waals surface area contributed by atoms with Gasteiger partial charge in [-0.1, -0.05) is 31.5 Å². The van der Waals surface area contributed by atoms with Crippen LogP contribution in [0.4, 0.5) is 4.79 Å². The number of halogens is 1.